The number of hydrogen-bond donors (Lipinski definition) is 3. The first-order chi connectivity index (χ1) is 16.4. The number of fused-ring (bicyclic) bond motifs is 1. The van der Waals surface area contributed by atoms with E-state index in [1.54, 1.807) is 0 Å². The molecule has 8 heteroatoms. The molecule has 4 rings (SSSR count). The van der Waals surface area contributed by atoms with Crippen LogP contribution in [0.5, 0.6) is 0 Å². The van der Waals surface area contributed by atoms with Gasteiger partial charge in [-0.15, -0.1) is 0 Å². The molecule has 2 heterocycles. The van der Waals surface area contributed by atoms with Gasteiger partial charge in [0.15, 0.2) is 0 Å². The van der Waals surface area contributed by atoms with Gasteiger partial charge in [-0.05, 0) is 70.9 Å². The van der Waals surface area contributed by atoms with E-state index in [1.807, 2.05) is 19.1 Å². The number of nitrogens with one attached hydrogen (secondary N) is 3. The molecular formula is C26H50N6O2. The molecule has 196 valence electrons. The van der Waals surface area contributed by atoms with E-state index in [0.29, 0.717) is 36.2 Å². The number of hydrogen-bond acceptors (Lipinski definition) is 7. The maximum Gasteiger partial charge on any atom is 0.225 e. The van der Waals surface area contributed by atoms with Crippen LogP contribution in [-0.4, -0.2) is 112 Å². The summed E-state index contributed by atoms with van der Waals surface area (Å²) in [5.74, 6) is 1.70. The molecule has 0 aromatic rings. The number of rotatable bonds is 8. The average molecular weight is 479 g/mol. The lowest BCUT2D eigenvalue weighted by molar-refractivity contribution is -0.137. The second-order valence-corrected chi connectivity index (χ2v) is 11.7. The standard InChI is InChI=1S/C26H50N6O2/c1-18-16-20(8-11-22(18)26(33)31(4)15-14-30(2)3)29-24-25-28-17-23(32(25)13-12-27-24)19-6-9-21(34-5)10-7-19/h18-25,27-29H,6-17H2,1-5H3. The van der Waals surface area contributed by atoms with Gasteiger partial charge >= 0.3 is 0 Å². The minimum Gasteiger partial charge on any atom is -0.381 e. The molecule has 4 aliphatic rings. The quantitative estimate of drug-likeness (QED) is 0.483. The van der Waals surface area contributed by atoms with E-state index in [2.05, 4.69) is 46.8 Å². The molecule has 0 radical (unpaired) electrons. The lowest BCUT2D eigenvalue weighted by Crippen LogP contribution is -2.67. The largest absolute Gasteiger partial charge is 0.381 e. The van der Waals surface area contributed by atoms with Crippen molar-refractivity contribution < 1.29 is 9.53 Å². The SMILES string of the molecule is COC1CCC(C2CNC3C(NC4CCC(C(=O)N(C)CCN(C)C)C(C)C4)NCCN23)CC1. The van der Waals surface area contributed by atoms with Crippen molar-refractivity contribution in [3.8, 4) is 0 Å². The number of nitrogens with zero attached hydrogens (tertiary/aromatic N) is 3. The van der Waals surface area contributed by atoms with Crippen LogP contribution in [0.2, 0.25) is 0 Å². The Morgan fingerprint density at radius 2 is 1.82 bits per heavy atom. The lowest BCUT2D eigenvalue weighted by atomic mass is 9.77. The third kappa shape index (κ3) is 6.13. The number of carbonyl (C=O) groups excluding carboxylic acids is 1. The zero-order chi connectivity index (χ0) is 24.2. The van der Waals surface area contributed by atoms with Crippen molar-refractivity contribution in [1.29, 1.82) is 0 Å². The summed E-state index contributed by atoms with van der Waals surface area (Å²) in [7, 11) is 7.95. The fourth-order valence-corrected chi connectivity index (χ4v) is 6.97. The second kappa shape index (κ2) is 12.0. The van der Waals surface area contributed by atoms with Gasteiger partial charge in [-0.1, -0.05) is 6.92 Å². The molecule has 4 fully saturated rings. The number of carbonyl (C=O) groups is 1. The summed E-state index contributed by atoms with van der Waals surface area (Å²) in [5.41, 5.74) is 0. The van der Waals surface area contributed by atoms with Crippen molar-refractivity contribution in [2.45, 2.75) is 82.4 Å². The molecule has 1 amide bonds. The topological polar surface area (TPSA) is 72.1 Å². The molecule has 2 aliphatic heterocycles. The van der Waals surface area contributed by atoms with Crippen LogP contribution in [0.25, 0.3) is 0 Å². The van der Waals surface area contributed by atoms with E-state index in [0.717, 1.165) is 57.9 Å². The van der Waals surface area contributed by atoms with Gasteiger partial charge in [-0.25, -0.2) is 0 Å². The number of methoxy groups -OCH3 is 1. The summed E-state index contributed by atoms with van der Waals surface area (Å²) in [4.78, 5) is 19.9. The van der Waals surface area contributed by atoms with Crippen molar-refractivity contribution in [1.82, 2.24) is 30.7 Å². The highest BCUT2D eigenvalue weighted by Crippen LogP contribution is 2.35. The van der Waals surface area contributed by atoms with Gasteiger partial charge in [0.25, 0.3) is 0 Å². The normalized spacial score (nSPS) is 39.2. The van der Waals surface area contributed by atoms with E-state index < -0.39 is 0 Å². The van der Waals surface area contributed by atoms with Gasteiger partial charge in [0.1, 0.15) is 0 Å². The molecule has 2 saturated heterocycles. The molecule has 8 nitrogen and oxygen atoms in total. The van der Waals surface area contributed by atoms with Crippen LogP contribution < -0.4 is 16.0 Å². The van der Waals surface area contributed by atoms with Gasteiger partial charge in [-0.3, -0.25) is 25.6 Å². The van der Waals surface area contributed by atoms with Crippen molar-refractivity contribution in [2.75, 3.05) is 61.0 Å². The Labute approximate surface area is 207 Å². The number of amides is 1. The zero-order valence-corrected chi connectivity index (χ0v) is 22.3. The van der Waals surface area contributed by atoms with Crippen molar-refractivity contribution in [3.63, 3.8) is 0 Å². The van der Waals surface area contributed by atoms with Crippen molar-refractivity contribution >= 4 is 5.91 Å². The maximum absolute atomic E-state index is 13.0. The summed E-state index contributed by atoms with van der Waals surface area (Å²) in [6, 6.07) is 1.13. The monoisotopic (exact) mass is 478 g/mol. The molecule has 6 atom stereocenters. The fraction of sp³-hybridized carbons (Fsp3) is 0.962. The van der Waals surface area contributed by atoms with Crippen molar-refractivity contribution in [3.05, 3.63) is 0 Å². The summed E-state index contributed by atoms with van der Waals surface area (Å²) in [5, 5.41) is 11.6. The smallest absolute Gasteiger partial charge is 0.225 e. The van der Waals surface area contributed by atoms with Crippen LogP contribution >= 0.6 is 0 Å². The van der Waals surface area contributed by atoms with E-state index in [4.69, 9.17) is 4.74 Å². The van der Waals surface area contributed by atoms with E-state index in [-0.39, 0.29) is 12.1 Å². The first kappa shape index (κ1) is 26.3. The minimum atomic E-state index is 0.164. The first-order valence-corrected chi connectivity index (χ1v) is 13.8. The number of likely N-dealkylation sites (N-methyl/N-ethyl adjacent to an activating group) is 2. The second-order valence-electron chi connectivity index (χ2n) is 11.7. The summed E-state index contributed by atoms with van der Waals surface area (Å²) >= 11 is 0. The van der Waals surface area contributed by atoms with Crippen molar-refractivity contribution in [2.24, 2.45) is 17.8 Å². The van der Waals surface area contributed by atoms with E-state index >= 15 is 0 Å². The Bertz CT molecular complexity index is 655. The Balaban J connectivity index is 1.26. The molecule has 0 aromatic carbocycles. The molecular weight excluding hydrogens is 428 g/mol. The molecule has 0 bridgehead atoms. The molecule has 3 N–H and O–H groups in total. The van der Waals surface area contributed by atoms with E-state index in [9.17, 15) is 4.79 Å². The van der Waals surface area contributed by atoms with Crippen LogP contribution in [0.3, 0.4) is 0 Å². The maximum atomic E-state index is 13.0. The Hall–Kier alpha value is -0.770. The third-order valence-corrected chi connectivity index (χ3v) is 9.13. The van der Waals surface area contributed by atoms with Gasteiger partial charge in [0.2, 0.25) is 5.91 Å². The predicted molar refractivity (Wildman–Crippen MR) is 136 cm³/mol. The molecule has 0 aromatic heterocycles. The molecule has 2 aliphatic carbocycles. The molecule has 2 saturated carbocycles. The van der Waals surface area contributed by atoms with Crippen LogP contribution in [-0.2, 0) is 9.53 Å². The molecule has 34 heavy (non-hydrogen) atoms. The third-order valence-electron chi connectivity index (χ3n) is 9.13. The van der Waals surface area contributed by atoms with Gasteiger partial charge in [0.05, 0.1) is 18.4 Å². The molecule has 0 spiro atoms. The Morgan fingerprint density at radius 3 is 2.50 bits per heavy atom. The number of ether oxygens (including phenoxy) is 1. The molecule has 6 unspecified atom stereocenters. The highest BCUT2D eigenvalue weighted by Gasteiger charge is 2.45. The minimum absolute atomic E-state index is 0.164. The van der Waals surface area contributed by atoms with Gasteiger partial charge < -0.3 is 14.5 Å². The summed E-state index contributed by atoms with van der Waals surface area (Å²) < 4.78 is 5.60. The predicted octanol–water partition coefficient (Wildman–Crippen LogP) is 1.14. The zero-order valence-electron chi connectivity index (χ0n) is 22.3. The van der Waals surface area contributed by atoms with E-state index in [1.165, 1.54) is 25.7 Å². The first-order valence-electron chi connectivity index (χ1n) is 13.8. The average Bonchev–Trinajstić information content (AvgIpc) is 3.27. The van der Waals surface area contributed by atoms with Crippen LogP contribution in [0.1, 0.15) is 51.9 Å². The number of piperazine rings is 1. The highest BCUT2D eigenvalue weighted by atomic mass is 16.5. The summed E-state index contributed by atoms with van der Waals surface area (Å²) in [6.07, 6.45) is 9.26. The lowest BCUT2D eigenvalue weighted by Gasteiger charge is -2.45. The van der Waals surface area contributed by atoms with Crippen LogP contribution in [0.4, 0.5) is 0 Å². The summed E-state index contributed by atoms with van der Waals surface area (Å²) in [6.45, 7) is 7.27. The van der Waals surface area contributed by atoms with Gasteiger partial charge in [-0.2, -0.15) is 0 Å². The van der Waals surface area contributed by atoms with Crippen LogP contribution in [0.15, 0.2) is 0 Å². The van der Waals surface area contributed by atoms with Crippen LogP contribution in [0, 0.1) is 17.8 Å². The Morgan fingerprint density at radius 1 is 1.06 bits per heavy atom. The fourth-order valence-electron chi connectivity index (χ4n) is 6.97. The Kier molecular flexibility index (Phi) is 9.26. The highest BCUT2D eigenvalue weighted by molar-refractivity contribution is 5.79. The van der Waals surface area contributed by atoms with Gasteiger partial charge in [0, 0.05) is 64.9 Å².